The fourth-order valence-electron chi connectivity index (χ4n) is 7.00. The van der Waals surface area contributed by atoms with Crippen LogP contribution in [-0.4, -0.2) is 69.4 Å². The summed E-state index contributed by atoms with van der Waals surface area (Å²) >= 11 is 0.744. The van der Waals surface area contributed by atoms with E-state index in [0.29, 0.717) is 25.9 Å². The Kier molecular flexibility index (Phi) is 7.09. The summed E-state index contributed by atoms with van der Waals surface area (Å²) in [7, 11) is 0. The summed E-state index contributed by atoms with van der Waals surface area (Å²) in [5.41, 5.74) is 1.46. The molecule has 3 saturated heterocycles. The van der Waals surface area contributed by atoms with E-state index in [1.54, 1.807) is 0 Å². The molecule has 0 radical (unpaired) electrons. The third-order valence-electron chi connectivity index (χ3n) is 9.24. The van der Waals surface area contributed by atoms with E-state index >= 15 is 4.39 Å². The molecule has 0 aliphatic carbocycles. The van der Waals surface area contributed by atoms with Gasteiger partial charge in [-0.1, -0.05) is 11.3 Å². The monoisotopic (exact) mass is 652 g/mol. The number of fused-ring (bicyclic) bond motifs is 3. The van der Waals surface area contributed by atoms with E-state index in [1.807, 2.05) is 18.7 Å². The van der Waals surface area contributed by atoms with Gasteiger partial charge in [-0.3, -0.25) is 4.90 Å². The van der Waals surface area contributed by atoms with Crippen molar-refractivity contribution in [3.63, 3.8) is 0 Å². The maximum atomic E-state index is 16.7. The molecule has 5 heterocycles. The van der Waals surface area contributed by atoms with Crippen molar-refractivity contribution in [3.05, 3.63) is 35.4 Å². The molecule has 0 spiro atoms. The Morgan fingerprint density at radius 1 is 1.16 bits per heavy atom. The minimum Gasteiger partial charge on any atom is -0.472 e. The highest BCUT2D eigenvalue weighted by atomic mass is 32.1. The van der Waals surface area contributed by atoms with Crippen LogP contribution in [0.5, 0.6) is 11.9 Å². The Morgan fingerprint density at radius 3 is 2.69 bits per heavy atom. The van der Waals surface area contributed by atoms with Crippen molar-refractivity contribution in [1.29, 1.82) is 0 Å². The van der Waals surface area contributed by atoms with E-state index in [4.69, 9.17) is 15.2 Å². The van der Waals surface area contributed by atoms with Crippen LogP contribution in [0.2, 0.25) is 0 Å². The van der Waals surface area contributed by atoms with E-state index < -0.39 is 57.8 Å². The number of ether oxygens (including phenoxy) is 2. The third-order valence-corrected chi connectivity index (χ3v) is 10.1. The first kappa shape index (κ1) is 30.2. The van der Waals surface area contributed by atoms with Gasteiger partial charge in [0.25, 0.3) is 0 Å². The number of anilines is 1. The summed E-state index contributed by atoms with van der Waals surface area (Å²) in [6.07, 6.45) is -4.23. The summed E-state index contributed by atoms with van der Waals surface area (Å²) < 4.78 is 102. The van der Waals surface area contributed by atoms with E-state index in [9.17, 15) is 22.0 Å². The molecule has 0 amide bonds. The molecule has 15 heteroatoms. The number of alkyl halides is 4. The number of benzene rings is 2. The van der Waals surface area contributed by atoms with Crippen LogP contribution in [0.25, 0.3) is 32.2 Å². The normalized spacial score (nSPS) is 25.0. The highest BCUT2D eigenvalue weighted by molar-refractivity contribution is 7.22. The van der Waals surface area contributed by atoms with Gasteiger partial charge in [0.15, 0.2) is 10.9 Å². The third kappa shape index (κ3) is 5.12. The largest absolute Gasteiger partial charge is 0.472 e. The van der Waals surface area contributed by atoms with Gasteiger partial charge in [-0.2, -0.15) is 23.1 Å². The van der Waals surface area contributed by atoms with E-state index in [2.05, 4.69) is 20.3 Å². The Bertz CT molecular complexity index is 1820. The first-order chi connectivity index (χ1) is 21.3. The average Bonchev–Trinajstić information content (AvgIpc) is 3.70. The van der Waals surface area contributed by atoms with Crippen LogP contribution >= 0.6 is 11.3 Å². The molecule has 3 aliphatic heterocycles. The SMILES string of the molecule is CC1(C)NCCC1Oc1nc(OCC23CCCN2CC(F)C3)nc2c(F)c(-c3ccc(F)c4sc(N)nc34)c(C(F)(F)F)cc12. The summed E-state index contributed by atoms with van der Waals surface area (Å²) in [5, 5.41) is 2.89. The lowest BCUT2D eigenvalue weighted by Gasteiger charge is -2.31. The fourth-order valence-corrected chi connectivity index (χ4v) is 7.77. The molecule has 3 aliphatic rings. The summed E-state index contributed by atoms with van der Waals surface area (Å²) in [6.45, 7) is 5.37. The predicted octanol–water partition coefficient (Wildman–Crippen LogP) is 6.26. The van der Waals surface area contributed by atoms with Gasteiger partial charge in [0.05, 0.1) is 26.7 Å². The summed E-state index contributed by atoms with van der Waals surface area (Å²) in [4.78, 5) is 14.6. The molecular weight excluding hydrogens is 622 g/mol. The van der Waals surface area contributed by atoms with Crippen LogP contribution in [0.1, 0.15) is 45.1 Å². The quantitative estimate of drug-likeness (QED) is 0.236. The second-order valence-corrected chi connectivity index (χ2v) is 13.6. The number of nitrogens with zero attached hydrogens (tertiary/aromatic N) is 4. The van der Waals surface area contributed by atoms with Crippen molar-refractivity contribution < 1.29 is 35.8 Å². The molecule has 7 rings (SSSR count). The zero-order valence-electron chi connectivity index (χ0n) is 24.4. The lowest BCUT2D eigenvalue weighted by Crippen LogP contribution is -2.44. The highest BCUT2D eigenvalue weighted by Crippen LogP contribution is 2.46. The lowest BCUT2D eigenvalue weighted by atomic mass is 9.95. The highest BCUT2D eigenvalue weighted by Gasteiger charge is 2.49. The van der Waals surface area contributed by atoms with E-state index in [-0.39, 0.29) is 57.8 Å². The maximum absolute atomic E-state index is 16.7. The minimum absolute atomic E-state index is 0.0145. The van der Waals surface area contributed by atoms with Crippen molar-refractivity contribution >= 4 is 37.6 Å². The predicted molar refractivity (Wildman–Crippen MR) is 157 cm³/mol. The van der Waals surface area contributed by atoms with Crippen molar-refractivity contribution in [3.8, 4) is 23.0 Å². The molecule has 0 saturated carbocycles. The van der Waals surface area contributed by atoms with Crippen molar-refractivity contribution in [2.45, 2.75) is 69.1 Å². The second kappa shape index (κ2) is 10.6. The number of rotatable bonds is 6. The van der Waals surface area contributed by atoms with Crippen molar-refractivity contribution in [2.24, 2.45) is 0 Å². The van der Waals surface area contributed by atoms with Crippen LogP contribution in [0.4, 0.5) is 31.5 Å². The smallest absolute Gasteiger partial charge is 0.417 e. The lowest BCUT2D eigenvalue weighted by molar-refractivity contribution is -0.137. The van der Waals surface area contributed by atoms with Gasteiger partial charge < -0.3 is 20.5 Å². The number of nitrogens with two attached hydrogens (primary N) is 1. The molecule has 3 unspecified atom stereocenters. The zero-order valence-corrected chi connectivity index (χ0v) is 25.2. The Labute approximate surface area is 257 Å². The number of hydrogen-bond donors (Lipinski definition) is 2. The van der Waals surface area contributed by atoms with Crippen LogP contribution in [0.3, 0.4) is 0 Å². The van der Waals surface area contributed by atoms with Crippen LogP contribution in [-0.2, 0) is 6.18 Å². The number of aromatic nitrogens is 3. The number of thiazole rings is 1. The minimum atomic E-state index is -5.04. The van der Waals surface area contributed by atoms with Crippen LogP contribution < -0.4 is 20.5 Å². The van der Waals surface area contributed by atoms with Crippen molar-refractivity contribution in [1.82, 2.24) is 25.2 Å². The number of nitrogens with one attached hydrogen (secondary N) is 1. The van der Waals surface area contributed by atoms with Crippen molar-refractivity contribution in [2.75, 3.05) is 32.0 Å². The van der Waals surface area contributed by atoms with Gasteiger partial charge in [0.1, 0.15) is 30.2 Å². The Morgan fingerprint density at radius 2 is 1.96 bits per heavy atom. The molecule has 2 aromatic heterocycles. The van der Waals surface area contributed by atoms with Gasteiger partial charge >= 0.3 is 12.2 Å². The molecule has 8 nitrogen and oxygen atoms in total. The molecule has 45 heavy (non-hydrogen) atoms. The first-order valence-electron chi connectivity index (χ1n) is 14.7. The van der Waals surface area contributed by atoms with Crippen LogP contribution in [0, 0.1) is 11.6 Å². The van der Waals surface area contributed by atoms with Gasteiger partial charge in [-0.25, -0.2) is 18.2 Å². The van der Waals surface area contributed by atoms with Gasteiger partial charge in [-0.05, 0) is 64.4 Å². The topological polar surface area (TPSA) is 98.4 Å². The molecule has 2 aromatic carbocycles. The molecule has 3 atom stereocenters. The standard InChI is InChI=1S/C30H30F6N6O2S/c1-28(2)19(6-8-38-28)44-25-16-10-17(30(34,35)36)20(15-4-5-18(32)24-23(15)39-26(37)45-24)21(33)22(16)40-27(41-25)43-13-29-7-3-9-42(29)12-14(31)11-29/h4-5,10,14,19,38H,3,6-9,11-13H2,1-2H3,(H2,37,39). The Hall–Kier alpha value is -3.43. The second-order valence-electron chi connectivity index (χ2n) is 12.6. The number of nitrogen functional groups attached to an aromatic ring is 1. The molecule has 240 valence electrons. The van der Waals surface area contributed by atoms with Gasteiger partial charge in [0, 0.05) is 29.6 Å². The number of halogens is 6. The average molecular weight is 653 g/mol. The van der Waals surface area contributed by atoms with E-state index in [1.165, 1.54) is 0 Å². The summed E-state index contributed by atoms with van der Waals surface area (Å²) in [6, 6.07) is 2.43. The molecule has 3 fully saturated rings. The van der Waals surface area contributed by atoms with E-state index in [0.717, 1.165) is 36.0 Å². The zero-order chi connectivity index (χ0) is 31.9. The Balaban J connectivity index is 1.42. The maximum Gasteiger partial charge on any atom is 0.417 e. The molecular formula is C30H30F6N6O2S. The van der Waals surface area contributed by atoms with Crippen LogP contribution in [0.15, 0.2) is 18.2 Å². The molecule has 0 bridgehead atoms. The molecule has 3 N–H and O–H groups in total. The molecule has 4 aromatic rings. The van der Waals surface area contributed by atoms with Gasteiger partial charge in [-0.15, -0.1) is 0 Å². The first-order valence-corrected chi connectivity index (χ1v) is 15.5. The number of hydrogen-bond acceptors (Lipinski definition) is 9. The summed E-state index contributed by atoms with van der Waals surface area (Å²) in [5.74, 6) is -2.35. The fraction of sp³-hybridized carbons (Fsp3) is 0.500. The van der Waals surface area contributed by atoms with Gasteiger partial charge in [0.2, 0.25) is 5.88 Å².